The summed E-state index contributed by atoms with van der Waals surface area (Å²) in [6.45, 7) is 13.4. The average molecular weight is 272 g/mol. The van der Waals surface area contributed by atoms with Gasteiger partial charge in [-0.25, -0.2) is 0 Å². The Balaban J connectivity index is 4.19. The molecule has 0 saturated carbocycles. The van der Waals surface area contributed by atoms with E-state index in [1.54, 1.807) is 13.8 Å². The van der Waals surface area contributed by atoms with Gasteiger partial charge in [0.05, 0.1) is 11.4 Å². The van der Waals surface area contributed by atoms with Crippen molar-refractivity contribution in [2.24, 2.45) is 15.7 Å². The number of hydrogen-bond donors (Lipinski definition) is 4. The Morgan fingerprint density at radius 3 is 1.53 bits per heavy atom. The van der Waals surface area contributed by atoms with Crippen molar-refractivity contribution in [3.8, 4) is 0 Å². The lowest BCUT2D eigenvalue weighted by Gasteiger charge is -2.29. The maximum atomic E-state index is 8.70. The molecule has 0 aliphatic heterocycles. The fourth-order valence-electron chi connectivity index (χ4n) is 1.39. The number of nitrogens with one attached hydrogen (secondary N) is 2. The molecule has 0 unspecified atom stereocenters. The van der Waals surface area contributed by atoms with Crippen molar-refractivity contribution in [1.29, 1.82) is 0 Å². The lowest BCUT2D eigenvalue weighted by Crippen LogP contribution is -2.46. The minimum Gasteiger partial charge on any atom is -0.411 e. The summed E-state index contributed by atoms with van der Waals surface area (Å²) >= 11 is 0. The van der Waals surface area contributed by atoms with Gasteiger partial charge in [-0.2, -0.15) is 0 Å². The number of hydrogen-bond acceptors (Lipinski definition) is 6. The Labute approximate surface area is 116 Å². The average Bonchev–Trinajstić information content (AvgIpc) is 2.40. The summed E-state index contributed by atoms with van der Waals surface area (Å²) in [6.07, 6.45) is 0. The molecule has 0 saturated heterocycles. The molecule has 112 valence electrons. The Bertz CT molecular complexity index is 297. The fraction of sp³-hybridized carbons (Fsp3) is 0.846. The molecule has 0 radical (unpaired) electrons. The summed E-state index contributed by atoms with van der Waals surface area (Å²) in [5.41, 5.74) is 1.37. The van der Waals surface area contributed by atoms with Crippen molar-refractivity contribution in [3.63, 3.8) is 0 Å². The molecule has 0 aliphatic rings. The Morgan fingerprint density at radius 2 is 1.26 bits per heavy atom. The van der Waals surface area contributed by atoms with Crippen LogP contribution in [0, 0.1) is 5.41 Å². The second-order valence-corrected chi connectivity index (χ2v) is 5.85. The zero-order chi connectivity index (χ0) is 15.1. The third-order valence-corrected chi connectivity index (χ3v) is 3.34. The van der Waals surface area contributed by atoms with Crippen molar-refractivity contribution < 1.29 is 10.4 Å². The molecular weight excluding hydrogens is 244 g/mol. The zero-order valence-corrected chi connectivity index (χ0v) is 12.9. The van der Waals surface area contributed by atoms with E-state index in [1.165, 1.54) is 0 Å². The molecule has 19 heavy (non-hydrogen) atoms. The summed E-state index contributed by atoms with van der Waals surface area (Å²) in [5, 5.41) is 30.4. The maximum Gasteiger partial charge on any atom is 0.0706 e. The van der Waals surface area contributed by atoms with Crippen molar-refractivity contribution in [2.75, 3.05) is 13.1 Å². The van der Waals surface area contributed by atoms with E-state index in [4.69, 9.17) is 10.4 Å². The first kappa shape index (κ1) is 17.9. The van der Waals surface area contributed by atoms with E-state index in [2.05, 4.69) is 34.8 Å². The van der Waals surface area contributed by atoms with E-state index in [-0.39, 0.29) is 17.5 Å². The number of oxime groups is 2. The van der Waals surface area contributed by atoms with Crippen LogP contribution in [0.15, 0.2) is 10.3 Å². The summed E-state index contributed by atoms with van der Waals surface area (Å²) in [5.74, 6) is 0. The second-order valence-electron chi connectivity index (χ2n) is 5.85. The topological polar surface area (TPSA) is 89.2 Å². The standard InChI is InChI=1S/C13H28N4O2/c1-9(11(3)16-18)14-7-13(5,6)8-15-10(2)12(4)17-19/h9-10,14-15,18-19H,7-8H2,1-6H3/b16-11-,17-12-/t9-,10-/m1/s1. The molecule has 0 rings (SSSR count). The van der Waals surface area contributed by atoms with Gasteiger partial charge in [0, 0.05) is 25.2 Å². The van der Waals surface area contributed by atoms with Gasteiger partial charge in [0.2, 0.25) is 0 Å². The molecule has 0 spiro atoms. The van der Waals surface area contributed by atoms with Gasteiger partial charge >= 0.3 is 0 Å². The molecule has 0 amide bonds. The summed E-state index contributed by atoms with van der Waals surface area (Å²) < 4.78 is 0. The van der Waals surface area contributed by atoms with Gasteiger partial charge in [-0.05, 0) is 33.1 Å². The highest BCUT2D eigenvalue weighted by Gasteiger charge is 2.20. The van der Waals surface area contributed by atoms with Crippen LogP contribution in [0.25, 0.3) is 0 Å². The maximum absolute atomic E-state index is 8.70. The van der Waals surface area contributed by atoms with Crippen LogP contribution in [0.5, 0.6) is 0 Å². The summed E-state index contributed by atoms with van der Waals surface area (Å²) in [7, 11) is 0. The van der Waals surface area contributed by atoms with E-state index in [0.717, 1.165) is 13.1 Å². The predicted octanol–water partition coefficient (Wildman–Crippen LogP) is 1.67. The molecule has 4 N–H and O–H groups in total. The molecule has 0 aromatic heterocycles. The lowest BCUT2D eigenvalue weighted by atomic mass is 9.92. The predicted molar refractivity (Wildman–Crippen MR) is 78.5 cm³/mol. The van der Waals surface area contributed by atoms with Crippen LogP contribution in [0.2, 0.25) is 0 Å². The molecule has 6 nitrogen and oxygen atoms in total. The first-order chi connectivity index (χ1) is 8.73. The highest BCUT2D eigenvalue weighted by Crippen LogP contribution is 2.12. The SMILES string of the molecule is C/C(=N/O)[C@@H](C)NCC(C)(C)CN[C@H](C)/C(C)=N\O. The monoisotopic (exact) mass is 272 g/mol. The lowest BCUT2D eigenvalue weighted by molar-refractivity contribution is 0.298. The van der Waals surface area contributed by atoms with Crippen LogP contribution in [-0.2, 0) is 0 Å². The van der Waals surface area contributed by atoms with Crippen molar-refractivity contribution in [1.82, 2.24) is 10.6 Å². The second kappa shape index (κ2) is 8.12. The number of nitrogens with zero attached hydrogens (tertiary/aromatic N) is 2. The molecule has 0 aromatic carbocycles. The van der Waals surface area contributed by atoms with E-state index in [0.29, 0.717) is 11.4 Å². The molecule has 0 aliphatic carbocycles. The van der Waals surface area contributed by atoms with Crippen LogP contribution in [0.1, 0.15) is 41.5 Å². The van der Waals surface area contributed by atoms with Gasteiger partial charge in [-0.15, -0.1) is 0 Å². The zero-order valence-electron chi connectivity index (χ0n) is 12.9. The normalized spacial score (nSPS) is 17.4. The largest absolute Gasteiger partial charge is 0.411 e. The van der Waals surface area contributed by atoms with E-state index in [9.17, 15) is 0 Å². The highest BCUT2D eigenvalue weighted by molar-refractivity contribution is 5.86. The van der Waals surface area contributed by atoms with Crippen LogP contribution in [0.4, 0.5) is 0 Å². The van der Waals surface area contributed by atoms with Crippen LogP contribution in [-0.4, -0.2) is 47.0 Å². The van der Waals surface area contributed by atoms with Crippen LogP contribution in [0.3, 0.4) is 0 Å². The van der Waals surface area contributed by atoms with Crippen molar-refractivity contribution in [2.45, 2.75) is 53.6 Å². The summed E-state index contributed by atoms with van der Waals surface area (Å²) in [6, 6.07) is 0.0878. The van der Waals surface area contributed by atoms with Gasteiger partial charge < -0.3 is 21.0 Å². The van der Waals surface area contributed by atoms with Gasteiger partial charge in [-0.3, -0.25) is 0 Å². The molecule has 0 aromatic rings. The third kappa shape index (κ3) is 7.12. The van der Waals surface area contributed by atoms with Crippen LogP contribution < -0.4 is 10.6 Å². The Hall–Kier alpha value is -1.14. The smallest absolute Gasteiger partial charge is 0.0706 e. The first-order valence-corrected chi connectivity index (χ1v) is 6.57. The quantitative estimate of drug-likeness (QED) is 0.307. The minimum absolute atomic E-state index is 0.0357. The molecule has 0 bridgehead atoms. The Morgan fingerprint density at radius 1 is 0.947 bits per heavy atom. The molecular formula is C13H28N4O2. The van der Waals surface area contributed by atoms with Crippen molar-refractivity contribution >= 4 is 11.4 Å². The highest BCUT2D eigenvalue weighted by atomic mass is 16.4. The van der Waals surface area contributed by atoms with Gasteiger partial charge in [0.15, 0.2) is 0 Å². The number of rotatable bonds is 8. The van der Waals surface area contributed by atoms with E-state index in [1.807, 2.05) is 13.8 Å². The molecule has 0 heterocycles. The van der Waals surface area contributed by atoms with E-state index < -0.39 is 0 Å². The van der Waals surface area contributed by atoms with Gasteiger partial charge in [0.1, 0.15) is 0 Å². The van der Waals surface area contributed by atoms with Gasteiger partial charge in [0.25, 0.3) is 0 Å². The minimum atomic E-state index is 0.0357. The molecule has 2 atom stereocenters. The molecule has 0 fully saturated rings. The summed E-state index contributed by atoms with van der Waals surface area (Å²) in [4.78, 5) is 0. The first-order valence-electron chi connectivity index (χ1n) is 6.57. The van der Waals surface area contributed by atoms with Gasteiger partial charge in [-0.1, -0.05) is 24.2 Å². The molecule has 6 heteroatoms. The fourth-order valence-corrected chi connectivity index (χ4v) is 1.39. The van der Waals surface area contributed by atoms with Crippen LogP contribution >= 0.6 is 0 Å². The Kier molecular flexibility index (Phi) is 7.63. The van der Waals surface area contributed by atoms with Crippen molar-refractivity contribution in [3.05, 3.63) is 0 Å². The van der Waals surface area contributed by atoms with E-state index >= 15 is 0 Å². The third-order valence-electron chi connectivity index (χ3n) is 3.34.